The Morgan fingerprint density at radius 3 is 2.71 bits per heavy atom. The molecule has 0 N–H and O–H groups in total. The highest BCUT2D eigenvalue weighted by Crippen LogP contribution is 2.20. The molecule has 3 rings (SSSR count). The number of ether oxygens (including phenoxy) is 1. The highest BCUT2D eigenvalue weighted by Gasteiger charge is 2.07. The van der Waals surface area contributed by atoms with Crippen LogP contribution in [-0.2, 0) is 6.54 Å². The molecule has 0 aliphatic heterocycles. The van der Waals surface area contributed by atoms with Gasteiger partial charge in [0.15, 0.2) is 0 Å². The Morgan fingerprint density at radius 1 is 1.10 bits per heavy atom. The minimum absolute atomic E-state index is 0.0556. The van der Waals surface area contributed by atoms with Gasteiger partial charge in [0.25, 0.3) is 0 Å². The molecule has 0 bridgehead atoms. The summed E-state index contributed by atoms with van der Waals surface area (Å²) in [6, 6.07) is 15.4. The fraction of sp³-hybridized carbons (Fsp3) is 0.176. The largest absolute Gasteiger partial charge is 0.494 e. The lowest BCUT2D eigenvalue weighted by Crippen LogP contribution is -2.13. The van der Waals surface area contributed by atoms with E-state index in [0.29, 0.717) is 18.5 Å². The third-order valence-corrected chi connectivity index (χ3v) is 3.35. The van der Waals surface area contributed by atoms with E-state index < -0.39 is 0 Å². The van der Waals surface area contributed by atoms with Crippen molar-refractivity contribution in [1.82, 2.24) is 9.78 Å². The van der Waals surface area contributed by atoms with E-state index in [1.165, 1.54) is 6.20 Å². The van der Waals surface area contributed by atoms with Gasteiger partial charge in [0, 0.05) is 10.9 Å². The molecule has 4 heteroatoms. The van der Waals surface area contributed by atoms with Crippen LogP contribution in [0.1, 0.15) is 12.5 Å². The third kappa shape index (κ3) is 2.65. The normalized spacial score (nSPS) is 10.7. The van der Waals surface area contributed by atoms with Crippen LogP contribution in [0, 0.1) is 0 Å². The van der Waals surface area contributed by atoms with Gasteiger partial charge < -0.3 is 4.74 Å². The van der Waals surface area contributed by atoms with E-state index in [0.717, 1.165) is 16.8 Å². The summed E-state index contributed by atoms with van der Waals surface area (Å²) in [6.45, 7) is 3.15. The average molecular weight is 280 g/mol. The van der Waals surface area contributed by atoms with Crippen LogP contribution in [0.25, 0.3) is 10.9 Å². The summed E-state index contributed by atoms with van der Waals surface area (Å²) >= 11 is 0. The van der Waals surface area contributed by atoms with E-state index in [9.17, 15) is 4.79 Å². The Morgan fingerprint density at radius 2 is 1.86 bits per heavy atom. The van der Waals surface area contributed by atoms with Crippen molar-refractivity contribution in [3.05, 3.63) is 70.5 Å². The lowest BCUT2D eigenvalue weighted by molar-refractivity contribution is 0.335. The molecule has 2 aromatic carbocycles. The summed E-state index contributed by atoms with van der Waals surface area (Å²) in [7, 11) is 0. The van der Waals surface area contributed by atoms with Gasteiger partial charge in [0.2, 0.25) is 5.43 Å². The van der Waals surface area contributed by atoms with E-state index >= 15 is 0 Å². The monoisotopic (exact) mass is 280 g/mol. The predicted octanol–water partition coefficient (Wildman–Crippen LogP) is 2.84. The second-order valence-corrected chi connectivity index (χ2v) is 4.72. The van der Waals surface area contributed by atoms with Crippen molar-refractivity contribution >= 4 is 10.9 Å². The third-order valence-electron chi connectivity index (χ3n) is 3.35. The maximum atomic E-state index is 11.9. The molecule has 0 saturated carbocycles. The molecule has 0 atom stereocenters. The highest BCUT2D eigenvalue weighted by molar-refractivity contribution is 5.78. The Hall–Kier alpha value is -2.62. The van der Waals surface area contributed by atoms with Crippen LogP contribution >= 0.6 is 0 Å². The molecule has 3 aromatic rings. The Balaban J connectivity index is 2.07. The second kappa shape index (κ2) is 5.79. The summed E-state index contributed by atoms with van der Waals surface area (Å²) in [6.07, 6.45) is 1.37. The molecule has 1 heterocycles. The maximum absolute atomic E-state index is 11.9. The van der Waals surface area contributed by atoms with Crippen molar-refractivity contribution in [2.75, 3.05) is 6.61 Å². The fourth-order valence-electron chi connectivity index (χ4n) is 2.38. The molecule has 0 amide bonds. The summed E-state index contributed by atoms with van der Waals surface area (Å²) < 4.78 is 7.47. The first-order chi connectivity index (χ1) is 10.3. The van der Waals surface area contributed by atoms with Gasteiger partial charge in [-0.15, -0.1) is 0 Å². The molecule has 0 saturated heterocycles. The number of para-hydroxylation sites is 2. The van der Waals surface area contributed by atoms with Gasteiger partial charge in [-0.1, -0.05) is 30.3 Å². The fourth-order valence-corrected chi connectivity index (χ4v) is 2.38. The van der Waals surface area contributed by atoms with Gasteiger partial charge in [-0.05, 0) is 25.1 Å². The summed E-state index contributed by atoms with van der Waals surface area (Å²) in [5.41, 5.74) is 1.82. The van der Waals surface area contributed by atoms with Crippen molar-refractivity contribution in [3.8, 4) is 5.75 Å². The average Bonchev–Trinajstić information content (AvgIpc) is 2.52. The molecular weight excluding hydrogens is 264 g/mol. The first-order valence-electron chi connectivity index (χ1n) is 6.95. The van der Waals surface area contributed by atoms with Gasteiger partial charge in [-0.3, -0.25) is 9.48 Å². The molecule has 1 aromatic heterocycles. The molecule has 0 radical (unpaired) electrons. The maximum Gasteiger partial charge on any atom is 0.207 e. The van der Waals surface area contributed by atoms with Crippen LogP contribution in [0.3, 0.4) is 0 Å². The van der Waals surface area contributed by atoms with Crippen LogP contribution in [0.15, 0.2) is 59.5 Å². The predicted molar refractivity (Wildman–Crippen MR) is 82.7 cm³/mol. The van der Waals surface area contributed by atoms with Crippen molar-refractivity contribution in [1.29, 1.82) is 0 Å². The Bertz CT molecular complexity index is 824. The zero-order valence-corrected chi connectivity index (χ0v) is 11.8. The molecule has 0 spiro atoms. The van der Waals surface area contributed by atoms with Gasteiger partial charge in [-0.25, -0.2) is 0 Å². The number of rotatable bonds is 4. The van der Waals surface area contributed by atoms with Crippen molar-refractivity contribution in [2.45, 2.75) is 13.5 Å². The van der Waals surface area contributed by atoms with Crippen LogP contribution in [0.5, 0.6) is 5.75 Å². The van der Waals surface area contributed by atoms with E-state index in [2.05, 4.69) is 5.10 Å². The SMILES string of the molecule is CCOc1ccccc1Cn1ncc(=O)c2ccccc21. The number of aromatic nitrogens is 2. The van der Waals surface area contributed by atoms with Gasteiger partial charge in [0.05, 0.1) is 24.9 Å². The smallest absolute Gasteiger partial charge is 0.207 e. The number of benzene rings is 2. The lowest BCUT2D eigenvalue weighted by atomic mass is 10.2. The Labute approximate surface area is 122 Å². The molecular formula is C17H16N2O2. The summed E-state index contributed by atoms with van der Waals surface area (Å²) in [5, 5.41) is 4.93. The highest BCUT2D eigenvalue weighted by atomic mass is 16.5. The van der Waals surface area contributed by atoms with Crippen LogP contribution in [0.2, 0.25) is 0 Å². The van der Waals surface area contributed by atoms with Crippen LogP contribution in [-0.4, -0.2) is 16.4 Å². The first kappa shape index (κ1) is 13.4. The Kier molecular flexibility index (Phi) is 3.69. The number of fused-ring (bicyclic) bond motifs is 1. The lowest BCUT2D eigenvalue weighted by Gasteiger charge is -2.13. The molecule has 4 nitrogen and oxygen atoms in total. The number of nitrogens with zero attached hydrogens (tertiary/aromatic N) is 2. The zero-order valence-electron chi connectivity index (χ0n) is 11.8. The molecule has 106 valence electrons. The topological polar surface area (TPSA) is 44.1 Å². The quantitative estimate of drug-likeness (QED) is 0.738. The minimum atomic E-state index is -0.0556. The molecule has 0 fully saturated rings. The van der Waals surface area contributed by atoms with Gasteiger partial charge in [0.1, 0.15) is 5.75 Å². The van der Waals surface area contributed by atoms with Gasteiger partial charge >= 0.3 is 0 Å². The minimum Gasteiger partial charge on any atom is -0.494 e. The summed E-state index contributed by atoms with van der Waals surface area (Å²) in [4.78, 5) is 11.9. The molecule has 0 aliphatic rings. The van der Waals surface area contributed by atoms with Crippen molar-refractivity contribution in [3.63, 3.8) is 0 Å². The molecule has 0 aliphatic carbocycles. The number of hydrogen-bond donors (Lipinski definition) is 0. The van der Waals surface area contributed by atoms with E-state index in [4.69, 9.17) is 4.74 Å². The van der Waals surface area contributed by atoms with E-state index in [1.807, 2.05) is 60.1 Å². The standard InChI is InChI=1S/C17H16N2O2/c1-2-21-17-10-6-3-7-13(17)12-19-15-9-5-4-8-14(15)16(20)11-18-19/h3-11H,2,12H2,1H3. The number of hydrogen-bond acceptors (Lipinski definition) is 3. The summed E-state index contributed by atoms with van der Waals surface area (Å²) in [5.74, 6) is 0.851. The second-order valence-electron chi connectivity index (χ2n) is 4.72. The van der Waals surface area contributed by atoms with E-state index in [1.54, 1.807) is 0 Å². The zero-order chi connectivity index (χ0) is 14.7. The molecule has 21 heavy (non-hydrogen) atoms. The van der Waals surface area contributed by atoms with Gasteiger partial charge in [-0.2, -0.15) is 5.10 Å². The van der Waals surface area contributed by atoms with Crippen molar-refractivity contribution < 1.29 is 4.74 Å². The van der Waals surface area contributed by atoms with Crippen LogP contribution in [0.4, 0.5) is 0 Å². The molecule has 0 unspecified atom stereocenters. The van der Waals surface area contributed by atoms with Crippen LogP contribution < -0.4 is 10.2 Å². The van der Waals surface area contributed by atoms with Crippen molar-refractivity contribution in [2.24, 2.45) is 0 Å². The van der Waals surface area contributed by atoms with E-state index in [-0.39, 0.29) is 5.43 Å². The first-order valence-corrected chi connectivity index (χ1v) is 6.95.